The highest BCUT2D eigenvalue weighted by atomic mass is 35.5. The number of halogens is 1. The van der Waals surface area contributed by atoms with Crippen molar-refractivity contribution in [2.75, 3.05) is 0 Å². The van der Waals surface area contributed by atoms with Crippen LogP contribution in [0.1, 0.15) is 37.7 Å². The molecule has 0 fully saturated rings. The lowest BCUT2D eigenvalue weighted by Crippen LogP contribution is -2.53. The largest absolute Gasteiger partial charge is 0.481 e. The summed E-state index contributed by atoms with van der Waals surface area (Å²) in [6.45, 7) is 0. The van der Waals surface area contributed by atoms with Gasteiger partial charge in [0, 0.05) is 24.3 Å². The Morgan fingerprint density at radius 1 is 0.806 bits per heavy atom. The van der Waals surface area contributed by atoms with Gasteiger partial charge in [0.15, 0.2) is 0 Å². The summed E-state index contributed by atoms with van der Waals surface area (Å²) >= 11 is 6.03. The van der Waals surface area contributed by atoms with Crippen molar-refractivity contribution < 1.29 is 34.2 Å². The first-order chi connectivity index (χ1) is 17.0. The number of hydrogen-bond donors (Lipinski definition) is 5. The van der Waals surface area contributed by atoms with E-state index in [1.54, 1.807) is 6.07 Å². The molecule has 0 saturated carbocycles. The van der Waals surface area contributed by atoms with Gasteiger partial charge in [-0.3, -0.25) is 24.0 Å². The van der Waals surface area contributed by atoms with Crippen LogP contribution in [0, 0.1) is 0 Å². The van der Waals surface area contributed by atoms with Gasteiger partial charge < -0.3 is 26.6 Å². The van der Waals surface area contributed by atoms with E-state index in [9.17, 15) is 24.0 Å². The third-order valence-electron chi connectivity index (χ3n) is 5.36. The van der Waals surface area contributed by atoms with Gasteiger partial charge in [-0.2, -0.15) is 0 Å². The third kappa shape index (κ3) is 9.75. The molecule has 0 bridgehead atoms. The molecule has 0 aromatic heterocycles. The van der Waals surface area contributed by atoms with Crippen molar-refractivity contribution in [1.82, 2.24) is 10.6 Å². The number of benzene rings is 2. The lowest BCUT2D eigenvalue weighted by molar-refractivity contribution is -0.139. The quantitative estimate of drug-likeness (QED) is 0.255. The molecule has 0 saturated heterocycles. The summed E-state index contributed by atoms with van der Waals surface area (Å²) in [5, 5.41) is 23.2. The van der Waals surface area contributed by atoms with Crippen LogP contribution in [0.25, 0.3) is 11.1 Å². The topological polar surface area (TPSA) is 176 Å². The molecule has 2 aromatic rings. The number of rotatable bonds is 14. The molecule has 10 nitrogen and oxygen atoms in total. The molecular formula is C25H28ClN3O7. The predicted octanol–water partition coefficient (Wildman–Crippen LogP) is 2.12. The number of amides is 3. The molecule has 6 N–H and O–H groups in total. The fourth-order valence-electron chi connectivity index (χ4n) is 3.42. The van der Waals surface area contributed by atoms with Gasteiger partial charge in [-0.05, 0) is 48.1 Å². The van der Waals surface area contributed by atoms with Gasteiger partial charge in [0.05, 0.1) is 0 Å². The summed E-state index contributed by atoms with van der Waals surface area (Å²) in [5.41, 5.74) is 8.02. The van der Waals surface area contributed by atoms with Crippen LogP contribution < -0.4 is 16.4 Å². The average Bonchev–Trinajstić information content (AvgIpc) is 2.82. The van der Waals surface area contributed by atoms with Gasteiger partial charge in [-0.1, -0.05) is 48.0 Å². The number of carbonyl (C=O) groups is 5. The molecule has 0 radical (unpaired) electrons. The van der Waals surface area contributed by atoms with Crippen LogP contribution in [0.3, 0.4) is 0 Å². The maximum atomic E-state index is 12.6. The number of carboxylic acid groups (broad SMARTS) is 2. The van der Waals surface area contributed by atoms with E-state index in [0.29, 0.717) is 11.4 Å². The Balaban J connectivity index is 1.98. The molecule has 0 spiro atoms. The van der Waals surface area contributed by atoms with Crippen molar-refractivity contribution in [3.8, 4) is 11.1 Å². The Bertz CT molecular complexity index is 1110. The average molecular weight is 518 g/mol. The second kappa shape index (κ2) is 13.8. The molecule has 2 atom stereocenters. The van der Waals surface area contributed by atoms with Crippen LogP contribution in [-0.4, -0.2) is 52.0 Å². The molecule has 192 valence electrons. The Hall–Kier alpha value is -3.92. The van der Waals surface area contributed by atoms with E-state index < -0.39 is 54.6 Å². The molecule has 0 aliphatic carbocycles. The van der Waals surface area contributed by atoms with Crippen LogP contribution in [0.4, 0.5) is 0 Å². The maximum Gasteiger partial charge on any atom is 0.303 e. The van der Waals surface area contributed by atoms with Crippen LogP contribution in [0.15, 0.2) is 48.5 Å². The third-order valence-corrected chi connectivity index (χ3v) is 5.59. The van der Waals surface area contributed by atoms with E-state index in [2.05, 4.69) is 10.6 Å². The minimum atomic E-state index is -1.27. The number of carbonyl (C=O) groups excluding carboxylic acids is 3. The summed E-state index contributed by atoms with van der Waals surface area (Å²) in [6, 6.07) is 12.5. The van der Waals surface area contributed by atoms with Crippen molar-refractivity contribution in [2.24, 2.45) is 5.73 Å². The molecule has 2 rings (SSSR count). The number of aliphatic carboxylic acids is 2. The fraction of sp³-hybridized carbons (Fsp3) is 0.320. The SMILES string of the molecule is NC(=O)C(CCC(=O)O)NC(=O)C(CCC(=O)O)NC(=O)CCc1ccc(-c2cccc(Cl)c2)cc1. The zero-order chi connectivity index (χ0) is 26.7. The molecule has 0 aliphatic rings. The molecule has 36 heavy (non-hydrogen) atoms. The molecular weight excluding hydrogens is 490 g/mol. The number of nitrogens with two attached hydrogens (primary N) is 1. The van der Waals surface area contributed by atoms with Gasteiger partial charge in [0.25, 0.3) is 0 Å². The number of aryl methyl sites for hydroxylation is 1. The zero-order valence-corrected chi connectivity index (χ0v) is 20.2. The summed E-state index contributed by atoms with van der Waals surface area (Å²) in [5.74, 6) is -4.58. The first-order valence-electron chi connectivity index (χ1n) is 11.2. The van der Waals surface area contributed by atoms with Gasteiger partial charge in [0.1, 0.15) is 12.1 Å². The van der Waals surface area contributed by atoms with E-state index >= 15 is 0 Å². The van der Waals surface area contributed by atoms with E-state index in [1.807, 2.05) is 42.5 Å². The number of nitrogens with one attached hydrogen (secondary N) is 2. The summed E-state index contributed by atoms with van der Waals surface area (Å²) in [7, 11) is 0. The van der Waals surface area contributed by atoms with Crippen LogP contribution in [0.5, 0.6) is 0 Å². The molecule has 2 unspecified atom stereocenters. The number of carboxylic acids is 2. The van der Waals surface area contributed by atoms with E-state index in [1.165, 1.54) is 0 Å². The Kier molecular flexibility index (Phi) is 10.9. The smallest absolute Gasteiger partial charge is 0.303 e. The zero-order valence-electron chi connectivity index (χ0n) is 19.4. The normalized spacial score (nSPS) is 12.2. The summed E-state index contributed by atoms with van der Waals surface area (Å²) < 4.78 is 0. The van der Waals surface area contributed by atoms with E-state index in [0.717, 1.165) is 16.7 Å². The highest BCUT2D eigenvalue weighted by molar-refractivity contribution is 6.30. The first-order valence-corrected chi connectivity index (χ1v) is 11.6. The van der Waals surface area contributed by atoms with Gasteiger partial charge in [-0.25, -0.2) is 0 Å². The molecule has 2 aromatic carbocycles. The molecule has 0 aliphatic heterocycles. The second-order valence-electron chi connectivity index (χ2n) is 8.16. The van der Waals surface area contributed by atoms with Crippen molar-refractivity contribution in [2.45, 2.75) is 50.6 Å². The van der Waals surface area contributed by atoms with Gasteiger partial charge in [0.2, 0.25) is 17.7 Å². The van der Waals surface area contributed by atoms with E-state index in [-0.39, 0.29) is 19.3 Å². The van der Waals surface area contributed by atoms with Crippen LogP contribution in [-0.2, 0) is 30.4 Å². The first kappa shape index (κ1) is 28.3. The van der Waals surface area contributed by atoms with Gasteiger partial charge in [-0.15, -0.1) is 0 Å². The molecule has 3 amide bonds. The Morgan fingerprint density at radius 2 is 1.42 bits per heavy atom. The maximum absolute atomic E-state index is 12.6. The van der Waals surface area contributed by atoms with Crippen molar-refractivity contribution in [3.63, 3.8) is 0 Å². The van der Waals surface area contributed by atoms with E-state index in [4.69, 9.17) is 27.5 Å². The fourth-order valence-corrected chi connectivity index (χ4v) is 3.61. The monoisotopic (exact) mass is 517 g/mol. The van der Waals surface area contributed by atoms with Crippen molar-refractivity contribution in [1.29, 1.82) is 0 Å². The van der Waals surface area contributed by atoms with Crippen LogP contribution in [0.2, 0.25) is 5.02 Å². The second-order valence-corrected chi connectivity index (χ2v) is 8.59. The standard InChI is InChI=1S/C25H28ClN3O7/c26-18-3-1-2-17(14-18)16-7-4-15(5-8-16)6-11-21(30)28-20(10-13-23(33)34)25(36)29-19(24(27)35)9-12-22(31)32/h1-5,7-8,14,19-20H,6,9-13H2,(H2,27,35)(H,28,30)(H,29,36)(H,31,32)(H,33,34). The number of hydrogen-bond acceptors (Lipinski definition) is 5. The molecule has 11 heteroatoms. The lowest BCUT2D eigenvalue weighted by atomic mass is 10.0. The van der Waals surface area contributed by atoms with Crippen LogP contribution >= 0.6 is 11.6 Å². The summed E-state index contributed by atoms with van der Waals surface area (Å²) in [4.78, 5) is 58.5. The minimum absolute atomic E-state index is 0.0334. The Morgan fingerprint density at radius 3 is 1.97 bits per heavy atom. The lowest BCUT2D eigenvalue weighted by Gasteiger charge is -2.21. The highest BCUT2D eigenvalue weighted by Crippen LogP contribution is 2.23. The highest BCUT2D eigenvalue weighted by Gasteiger charge is 2.26. The predicted molar refractivity (Wildman–Crippen MR) is 132 cm³/mol. The minimum Gasteiger partial charge on any atom is -0.481 e. The van der Waals surface area contributed by atoms with Gasteiger partial charge >= 0.3 is 11.9 Å². The Labute approximate surface area is 212 Å². The van der Waals surface area contributed by atoms with Crippen molar-refractivity contribution in [3.05, 3.63) is 59.1 Å². The summed E-state index contributed by atoms with van der Waals surface area (Å²) in [6.07, 6.45) is -0.855. The van der Waals surface area contributed by atoms with Crippen molar-refractivity contribution >= 4 is 41.3 Å². The number of primary amides is 1. The molecule has 0 heterocycles.